The maximum absolute atomic E-state index is 10.3. The fourth-order valence-electron chi connectivity index (χ4n) is 2.24. The van der Waals surface area contributed by atoms with Crippen LogP contribution in [0, 0.1) is 0 Å². The van der Waals surface area contributed by atoms with Gasteiger partial charge in [-0.25, -0.2) is 0 Å². The van der Waals surface area contributed by atoms with Crippen LogP contribution in [0.2, 0.25) is 0 Å². The smallest absolute Gasteiger partial charge is 0.126 e. The van der Waals surface area contributed by atoms with Crippen molar-refractivity contribution < 1.29 is 25.2 Å². The van der Waals surface area contributed by atoms with E-state index in [-0.39, 0.29) is 5.75 Å². The lowest BCUT2D eigenvalue weighted by atomic mass is 10.0. The molecule has 2 aromatic rings. The fourth-order valence-corrected chi connectivity index (χ4v) is 2.24. The summed E-state index contributed by atoms with van der Waals surface area (Å²) in [5.74, 6) is 0.693. The van der Waals surface area contributed by atoms with Crippen molar-refractivity contribution in [2.24, 2.45) is 0 Å². The van der Waals surface area contributed by atoms with E-state index < -0.39 is 24.4 Å². The van der Waals surface area contributed by atoms with Gasteiger partial charge < -0.3 is 25.2 Å². The van der Waals surface area contributed by atoms with Gasteiger partial charge in [-0.15, -0.1) is 0 Å². The van der Waals surface area contributed by atoms with Gasteiger partial charge in [0.1, 0.15) is 29.8 Å². The second-order valence-corrected chi connectivity index (χ2v) is 5.61. The molecule has 2 rings (SSSR count). The van der Waals surface area contributed by atoms with Gasteiger partial charge in [0.25, 0.3) is 0 Å². The molecule has 0 amide bonds. The van der Waals surface area contributed by atoms with Crippen LogP contribution in [0.5, 0.6) is 11.5 Å². The zero-order valence-corrected chi connectivity index (χ0v) is 13.1. The van der Waals surface area contributed by atoms with E-state index in [9.17, 15) is 20.4 Å². The van der Waals surface area contributed by atoms with Crippen LogP contribution in [0.25, 0.3) is 0 Å². The maximum atomic E-state index is 10.3. The average Bonchev–Trinajstić information content (AvgIpc) is 2.54. The first kappa shape index (κ1) is 17.3. The van der Waals surface area contributed by atoms with E-state index in [1.165, 1.54) is 19.1 Å². The lowest BCUT2D eigenvalue weighted by Crippen LogP contribution is -2.21. The third-order valence-corrected chi connectivity index (χ3v) is 3.68. The van der Waals surface area contributed by atoms with Gasteiger partial charge in [-0.3, -0.25) is 0 Å². The zero-order valence-electron chi connectivity index (χ0n) is 13.1. The number of phenols is 1. The highest BCUT2D eigenvalue weighted by molar-refractivity contribution is 5.30. The topological polar surface area (TPSA) is 90.2 Å². The number of benzene rings is 2. The van der Waals surface area contributed by atoms with Crippen molar-refractivity contribution in [3.8, 4) is 11.5 Å². The van der Waals surface area contributed by atoms with Gasteiger partial charge >= 0.3 is 0 Å². The molecule has 5 heteroatoms. The van der Waals surface area contributed by atoms with Gasteiger partial charge in [0.05, 0.1) is 6.10 Å². The molecule has 0 aromatic heterocycles. The van der Waals surface area contributed by atoms with E-state index >= 15 is 0 Å². The summed E-state index contributed by atoms with van der Waals surface area (Å²) in [5, 5.41) is 38.7. The van der Waals surface area contributed by atoms with Crippen molar-refractivity contribution in [3.63, 3.8) is 0 Å². The molecule has 4 N–H and O–H groups in total. The Morgan fingerprint density at radius 3 is 1.74 bits per heavy atom. The Hall–Kier alpha value is -2.08. The molecule has 0 saturated carbocycles. The van der Waals surface area contributed by atoms with Crippen molar-refractivity contribution in [3.05, 3.63) is 59.7 Å². The third-order valence-electron chi connectivity index (χ3n) is 3.68. The summed E-state index contributed by atoms with van der Waals surface area (Å²) in [7, 11) is 0. The van der Waals surface area contributed by atoms with E-state index in [0.717, 1.165) is 0 Å². The molecule has 0 radical (unpaired) electrons. The van der Waals surface area contributed by atoms with Gasteiger partial charge in [0, 0.05) is 0 Å². The first-order valence-electron chi connectivity index (χ1n) is 7.48. The highest BCUT2D eigenvalue weighted by Crippen LogP contribution is 2.25. The number of rotatable bonds is 6. The molecule has 0 fully saturated rings. The van der Waals surface area contributed by atoms with Crippen molar-refractivity contribution in [1.82, 2.24) is 0 Å². The molecule has 5 nitrogen and oxygen atoms in total. The molecule has 0 heterocycles. The molecule has 23 heavy (non-hydrogen) atoms. The predicted octanol–water partition coefficient (Wildman–Crippen LogP) is 2.31. The van der Waals surface area contributed by atoms with Crippen LogP contribution in [0.4, 0.5) is 0 Å². The minimum Gasteiger partial charge on any atom is -0.508 e. The number of aliphatic hydroxyl groups excluding tert-OH is 3. The lowest BCUT2D eigenvalue weighted by molar-refractivity contribution is 0.0302. The molecular formula is C18H22O5. The standard InChI is InChI=1S/C18H22O5/c1-11(19)17(21)13-5-9-16(10-6-13)23-12(2)18(22)14-3-7-15(20)8-4-14/h3-12,17-22H,1-2H3/t11-,12+,17-,18+/m1/s1. The lowest BCUT2D eigenvalue weighted by Gasteiger charge is -2.21. The molecule has 2 aromatic carbocycles. The van der Waals surface area contributed by atoms with Crippen molar-refractivity contribution >= 4 is 0 Å². The normalized spacial score (nSPS) is 16.4. The minimum absolute atomic E-state index is 0.141. The van der Waals surface area contributed by atoms with E-state index in [0.29, 0.717) is 16.9 Å². The van der Waals surface area contributed by atoms with Gasteiger partial charge in [0.15, 0.2) is 0 Å². The van der Waals surface area contributed by atoms with Crippen LogP contribution >= 0.6 is 0 Å². The van der Waals surface area contributed by atoms with Gasteiger partial charge in [-0.1, -0.05) is 24.3 Å². The highest BCUT2D eigenvalue weighted by Gasteiger charge is 2.19. The molecule has 124 valence electrons. The van der Waals surface area contributed by atoms with E-state index in [2.05, 4.69) is 0 Å². The number of hydrogen-bond donors (Lipinski definition) is 4. The van der Waals surface area contributed by atoms with E-state index in [1.807, 2.05) is 0 Å². The Bertz CT molecular complexity index is 606. The number of aliphatic hydroxyl groups is 3. The maximum Gasteiger partial charge on any atom is 0.126 e. The predicted molar refractivity (Wildman–Crippen MR) is 86.2 cm³/mol. The highest BCUT2D eigenvalue weighted by atomic mass is 16.5. The summed E-state index contributed by atoms with van der Waals surface area (Å²) >= 11 is 0. The number of aromatic hydroxyl groups is 1. The number of phenolic OH excluding ortho intramolecular Hbond substituents is 1. The SMILES string of the molecule is C[C@H](Oc1ccc([C@H](O)[C@@H](C)O)cc1)[C@H](O)c1ccc(O)cc1. The van der Waals surface area contributed by atoms with Crippen LogP contribution in [-0.4, -0.2) is 32.6 Å². The van der Waals surface area contributed by atoms with Crippen molar-refractivity contribution in [2.45, 2.75) is 38.3 Å². The number of ether oxygens (including phenoxy) is 1. The molecule has 0 bridgehead atoms. The Kier molecular flexibility index (Phi) is 5.60. The molecule has 0 spiro atoms. The molecule has 0 saturated heterocycles. The molecule has 0 aliphatic carbocycles. The Labute approximate surface area is 135 Å². The molecular weight excluding hydrogens is 296 g/mol. The second-order valence-electron chi connectivity index (χ2n) is 5.61. The average molecular weight is 318 g/mol. The van der Waals surface area contributed by atoms with E-state index in [1.54, 1.807) is 43.3 Å². The van der Waals surface area contributed by atoms with Crippen LogP contribution in [-0.2, 0) is 0 Å². The Balaban J connectivity index is 2.02. The summed E-state index contributed by atoms with van der Waals surface area (Å²) in [4.78, 5) is 0. The molecule has 0 aliphatic rings. The van der Waals surface area contributed by atoms with Crippen molar-refractivity contribution in [1.29, 1.82) is 0 Å². The first-order valence-corrected chi connectivity index (χ1v) is 7.48. The van der Waals surface area contributed by atoms with Crippen LogP contribution < -0.4 is 4.74 Å². The Morgan fingerprint density at radius 2 is 1.22 bits per heavy atom. The third kappa shape index (κ3) is 4.45. The summed E-state index contributed by atoms with van der Waals surface area (Å²) in [6.45, 7) is 3.27. The molecule has 4 atom stereocenters. The Morgan fingerprint density at radius 1 is 0.739 bits per heavy atom. The monoisotopic (exact) mass is 318 g/mol. The largest absolute Gasteiger partial charge is 0.508 e. The van der Waals surface area contributed by atoms with Gasteiger partial charge in [-0.2, -0.15) is 0 Å². The van der Waals surface area contributed by atoms with E-state index in [4.69, 9.17) is 4.74 Å². The summed E-state index contributed by atoms with van der Waals surface area (Å²) in [6, 6.07) is 13.0. The molecule has 0 aliphatic heterocycles. The van der Waals surface area contributed by atoms with Crippen LogP contribution in [0.15, 0.2) is 48.5 Å². The van der Waals surface area contributed by atoms with Crippen molar-refractivity contribution in [2.75, 3.05) is 0 Å². The van der Waals surface area contributed by atoms with Gasteiger partial charge in [0.2, 0.25) is 0 Å². The van der Waals surface area contributed by atoms with Crippen LogP contribution in [0.1, 0.15) is 37.2 Å². The fraction of sp³-hybridized carbons (Fsp3) is 0.333. The zero-order chi connectivity index (χ0) is 17.0. The molecule has 0 unspecified atom stereocenters. The van der Waals surface area contributed by atoms with Crippen LogP contribution in [0.3, 0.4) is 0 Å². The second kappa shape index (κ2) is 7.46. The minimum atomic E-state index is -0.941. The van der Waals surface area contributed by atoms with Gasteiger partial charge in [-0.05, 0) is 49.2 Å². The summed E-state index contributed by atoms with van der Waals surface area (Å²) in [6.07, 6.45) is -3.12. The summed E-state index contributed by atoms with van der Waals surface area (Å²) in [5.41, 5.74) is 1.25. The summed E-state index contributed by atoms with van der Waals surface area (Å²) < 4.78 is 5.70. The quantitative estimate of drug-likeness (QED) is 0.656. The number of hydrogen-bond acceptors (Lipinski definition) is 5. The first-order chi connectivity index (χ1) is 10.9.